The fraction of sp³-hybridized carbons (Fsp3) is 0.333. The lowest BCUT2D eigenvalue weighted by atomic mass is 9.80. The Morgan fingerprint density at radius 3 is 2.57 bits per heavy atom. The first-order chi connectivity index (χ1) is 6.54. The average Bonchev–Trinajstić information content (AvgIpc) is 2.14. The summed E-state index contributed by atoms with van der Waals surface area (Å²) in [5.74, 6) is 0.281. The quantitative estimate of drug-likeness (QED) is 0.683. The van der Waals surface area contributed by atoms with E-state index in [1.165, 1.54) is 12.1 Å². The molecule has 1 rings (SSSR count). The molecule has 5 heteroatoms. The highest BCUT2D eigenvalue weighted by Gasteiger charge is 2.25. The Morgan fingerprint density at radius 2 is 2.00 bits per heavy atom. The van der Waals surface area contributed by atoms with E-state index >= 15 is 0 Å². The minimum absolute atomic E-state index is 0.281. The van der Waals surface area contributed by atoms with Gasteiger partial charge in [0, 0.05) is 0 Å². The molecule has 14 heavy (non-hydrogen) atoms. The number of halogens is 3. The first kappa shape index (κ1) is 11.0. The molecule has 1 aromatic carbocycles. The predicted molar refractivity (Wildman–Crippen MR) is 50.9 cm³/mol. The van der Waals surface area contributed by atoms with Crippen LogP contribution in [0.3, 0.4) is 0 Å². The van der Waals surface area contributed by atoms with Gasteiger partial charge >= 0.3 is 6.98 Å². The lowest BCUT2D eigenvalue weighted by molar-refractivity contribution is 0.317. The molecular weight excluding hydrogens is 192 g/mol. The van der Waals surface area contributed by atoms with Crippen molar-refractivity contribution in [2.75, 3.05) is 6.61 Å². The molecule has 0 heterocycles. The van der Waals surface area contributed by atoms with Crippen LogP contribution in [0.5, 0.6) is 5.75 Å². The van der Waals surface area contributed by atoms with Crippen molar-refractivity contribution in [2.24, 2.45) is 0 Å². The van der Waals surface area contributed by atoms with Gasteiger partial charge in [0.2, 0.25) is 0 Å². The zero-order chi connectivity index (χ0) is 10.6. The highest BCUT2D eigenvalue weighted by Crippen LogP contribution is 2.14. The minimum Gasteiger partial charge on any atom is -0.494 e. The molecule has 0 amide bonds. The van der Waals surface area contributed by atoms with Crippen LogP contribution in [0.25, 0.3) is 0 Å². The predicted octanol–water partition coefficient (Wildman–Crippen LogP) is 2.53. The fourth-order valence-electron chi connectivity index (χ4n) is 1.03. The molecule has 0 radical (unpaired) electrons. The third-order valence-corrected chi connectivity index (χ3v) is 1.71. The molecular formula is C9H11BF3O-. The van der Waals surface area contributed by atoms with Crippen LogP contribution in [0, 0.1) is 0 Å². The molecule has 0 saturated heterocycles. The molecule has 0 aromatic heterocycles. The van der Waals surface area contributed by atoms with Gasteiger partial charge in [-0.05, 0) is 18.6 Å². The van der Waals surface area contributed by atoms with Gasteiger partial charge in [-0.3, -0.25) is 0 Å². The Bertz CT molecular complexity index is 298. The monoisotopic (exact) mass is 203 g/mol. The summed E-state index contributed by atoms with van der Waals surface area (Å²) < 4.78 is 42.0. The van der Waals surface area contributed by atoms with Crippen LogP contribution >= 0.6 is 0 Å². The Kier molecular flexibility index (Phi) is 3.44. The largest absolute Gasteiger partial charge is 0.509 e. The summed E-state index contributed by atoms with van der Waals surface area (Å²) in [6.45, 7) is -2.58. The second kappa shape index (κ2) is 4.40. The summed E-state index contributed by atoms with van der Waals surface area (Å²) in [6.07, 6.45) is 0.779. The second-order valence-electron chi connectivity index (χ2n) is 3.00. The van der Waals surface area contributed by atoms with Gasteiger partial charge in [0.15, 0.2) is 0 Å². The van der Waals surface area contributed by atoms with E-state index in [0.717, 1.165) is 18.6 Å². The van der Waals surface area contributed by atoms with Gasteiger partial charge in [0.25, 0.3) is 0 Å². The highest BCUT2D eigenvalue weighted by molar-refractivity contribution is 6.73. The van der Waals surface area contributed by atoms with Crippen molar-refractivity contribution in [3.05, 3.63) is 24.3 Å². The summed E-state index contributed by atoms with van der Waals surface area (Å²) in [7, 11) is 0. The molecule has 78 valence electrons. The third-order valence-electron chi connectivity index (χ3n) is 1.71. The van der Waals surface area contributed by atoms with E-state index in [2.05, 4.69) is 0 Å². The molecule has 0 fully saturated rings. The molecule has 0 atom stereocenters. The van der Waals surface area contributed by atoms with Crippen molar-refractivity contribution in [1.29, 1.82) is 0 Å². The van der Waals surface area contributed by atoms with Crippen molar-refractivity contribution >= 4 is 12.4 Å². The number of rotatable bonds is 4. The van der Waals surface area contributed by atoms with Crippen LogP contribution in [0.1, 0.15) is 13.3 Å². The minimum atomic E-state index is -4.92. The molecule has 0 N–H and O–H groups in total. The second-order valence-corrected chi connectivity index (χ2v) is 3.00. The first-order valence-electron chi connectivity index (χ1n) is 4.46. The number of ether oxygens (including phenoxy) is 1. The van der Waals surface area contributed by atoms with Gasteiger partial charge in [-0.25, -0.2) is 0 Å². The normalized spacial score (nSPS) is 11.4. The molecule has 0 unspecified atom stereocenters. The van der Waals surface area contributed by atoms with Gasteiger partial charge in [0.1, 0.15) is 5.75 Å². The molecule has 0 spiro atoms. The third kappa shape index (κ3) is 2.98. The fourth-order valence-corrected chi connectivity index (χ4v) is 1.03. The summed E-state index contributed by atoms with van der Waals surface area (Å²) in [5, 5.41) is 0. The van der Waals surface area contributed by atoms with Crippen molar-refractivity contribution in [3.63, 3.8) is 0 Å². The average molecular weight is 203 g/mol. The van der Waals surface area contributed by atoms with Crippen molar-refractivity contribution in [3.8, 4) is 5.75 Å². The molecule has 1 aromatic rings. The SMILES string of the molecule is CCCOc1cccc([B-](F)(F)F)c1. The maximum absolute atomic E-state index is 12.3. The summed E-state index contributed by atoms with van der Waals surface area (Å²) in [6, 6.07) is 4.98. The Balaban J connectivity index is 2.79. The summed E-state index contributed by atoms with van der Waals surface area (Å²) >= 11 is 0. The van der Waals surface area contributed by atoms with E-state index in [1.807, 2.05) is 6.92 Å². The van der Waals surface area contributed by atoms with E-state index < -0.39 is 12.4 Å². The van der Waals surface area contributed by atoms with Crippen LogP contribution in [-0.4, -0.2) is 13.6 Å². The van der Waals surface area contributed by atoms with Gasteiger partial charge in [-0.2, -0.15) is 0 Å². The topological polar surface area (TPSA) is 9.23 Å². The Morgan fingerprint density at radius 1 is 1.29 bits per heavy atom. The molecule has 0 bridgehead atoms. The van der Waals surface area contributed by atoms with Crippen LogP contribution in [0.2, 0.25) is 0 Å². The lowest BCUT2D eigenvalue weighted by Gasteiger charge is -2.15. The van der Waals surface area contributed by atoms with Crippen molar-refractivity contribution in [1.82, 2.24) is 0 Å². The van der Waals surface area contributed by atoms with Crippen LogP contribution in [0.4, 0.5) is 12.9 Å². The smallest absolute Gasteiger partial charge is 0.494 e. The molecule has 0 aliphatic rings. The number of benzene rings is 1. The van der Waals surface area contributed by atoms with Crippen LogP contribution in [-0.2, 0) is 0 Å². The van der Waals surface area contributed by atoms with Gasteiger partial charge in [0.05, 0.1) is 6.61 Å². The Hall–Kier alpha value is -1.13. The maximum Gasteiger partial charge on any atom is 0.509 e. The van der Waals surface area contributed by atoms with Gasteiger partial charge < -0.3 is 17.7 Å². The van der Waals surface area contributed by atoms with E-state index in [-0.39, 0.29) is 5.75 Å². The standard InChI is InChI=1S/C9H11BF3O/c1-2-6-14-9-5-3-4-8(7-9)10(11,12)13/h3-5,7H,2,6H2,1H3/q-1. The van der Waals surface area contributed by atoms with Gasteiger partial charge in [-0.15, -0.1) is 5.46 Å². The lowest BCUT2D eigenvalue weighted by Crippen LogP contribution is -2.33. The molecule has 0 saturated carbocycles. The van der Waals surface area contributed by atoms with Gasteiger partial charge in [-0.1, -0.05) is 19.1 Å². The summed E-state index contributed by atoms with van der Waals surface area (Å²) in [4.78, 5) is 0. The van der Waals surface area contributed by atoms with Crippen LogP contribution in [0.15, 0.2) is 24.3 Å². The number of hydrogen-bond acceptors (Lipinski definition) is 1. The molecule has 0 aliphatic carbocycles. The van der Waals surface area contributed by atoms with E-state index in [9.17, 15) is 12.9 Å². The van der Waals surface area contributed by atoms with E-state index in [4.69, 9.17) is 4.74 Å². The molecule has 1 nitrogen and oxygen atoms in total. The highest BCUT2D eigenvalue weighted by atomic mass is 19.4. The number of hydrogen-bond donors (Lipinski definition) is 0. The zero-order valence-electron chi connectivity index (χ0n) is 7.84. The Labute approximate surface area is 80.9 Å². The first-order valence-corrected chi connectivity index (χ1v) is 4.46. The summed E-state index contributed by atoms with van der Waals surface area (Å²) in [5.41, 5.74) is -0.612. The maximum atomic E-state index is 12.3. The van der Waals surface area contributed by atoms with E-state index in [1.54, 1.807) is 0 Å². The molecule has 0 aliphatic heterocycles. The van der Waals surface area contributed by atoms with Crippen molar-refractivity contribution in [2.45, 2.75) is 13.3 Å². The van der Waals surface area contributed by atoms with Crippen LogP contribution < -0.4 is 10.2 Å². The van der Waals surface area contributed by atoms with Crippen molar-refractivity contribution < 1.29 is 17.7 Å². The van der Waals surface area contributed by atoms with E-state index in [0.29, 0.717) is 6.61 Å². The zero-order valence-corrected chi connectivity index (χ0v) is 7.84.